The van der Waals surface area contributed by atoms with E-state index in [0.29, 0.717) is 13.0 Å². The zero-order valence-corrected chi connectivity index (χ0v) is 9.58. The first-order valence-corrected chi connectivity index (χ1v) is 5.12. The molecule has 0 aromatic carbocycles. The van der Waals surface area contributed by atoms with E-state index in [1.54, 1.807) is 6.92 Å². The highest BCUT2D eigenvalue weighted by Gasteiger charge is 2.17. The molecule has 0 aliphatic heterocycles. The van der Waals surface area contributed by atoms with Crippen LogP contribution in [0.1, 0.15) is 26.7 Å². The summed E-state index contributed by atoms with van der Waals surface area (Å²) in [5.41, 5.74) is 5.48. The molecule has 3 N–H and O–H groups in total. The molecular formula is C10H20N2O3. The van der Waals surface area contributed by atoms with Crippen molar-refractivity contribution in [1.82, 2.24) is 5.32 Å². The van der Waals surface area contributed by atoms with Gasteiger partial charge < -0.3 is 15.8 Å². The van der Waals surface area contributed by atoms with Gasteiger partial charge >= 0.3 is 5.97 Å². The van der Waals surface area contributed by atoms with E-state index < -0.39 is 12.0 Å². The standard InChI is InChI=1S/C10H20N2O3/c1-4-8(6-11)5-9(13)12-7(2)10(14)15-3/h7-8H,4-6,11H2,1-3H3,(H,12,13). The summed E-state index contributed by atoms with van der Waals surface area (Å²) >= 11 is 0. The summed E-state index contributed by atoms with van der Waals surface area (Å²) in [6.07, 6.45) is 1.21. The van der Waals surface area contributed by atoms with E-state index in [2.05, 4.69) is 10.1 Å². The zero-order chi connectivity index (χ0) is 11.8. The lowest BCUT2D eigenvalue weighted by Crippen LogP contribution is -2.40. The summed E-state index contributed by atoms with van der Waals surface area (Å²) in [5.74, 6) is -0.427. The fraction of sp³-hybridized carbons (Fsp3) is 0.800. The van der Waals surface area contributed by atoms with Crippen LogP contribution < -0.4 is 11.1 Å². The Balaban J connectivity index is 3.97. The molecule has 0 aliphatic carbocycles. The second-order valence-electron chi connectivity index (χ2n) is 3.53. The number of amides is 1. The Morgan fingerprint density at radius 1 is 1.47 bits per heavy atom. The first-order valence-electron chi connectivity index (χ1n) is 5.12. The van der Waals surface area contributed by atoms with Gasteiger partial charge in [0.25, 0.3) is 0 Å². The lowest BCUT2D eigenvalue weighted by molar-refractivity contribution is -0.144. The van der Waals surface area contributed by atoms with Crippen molar-refractivity contribution in [2.45, 2.75) is 32.7 Å². The summed E-state index contributed by atoms with van der Waals surface area (Å²) in [6, 6.07) is -0.599. The number of rotatable bonds is 6. The Labute approximate surface area is 90.4 Å². The predicted molar refractivity (Wildman–Crippen MR) is 57.1 cm³/mol. The van der Waals surface area contributed by atoms with E-state index in [1.165, 1.54) is 7.11 Å². The van der Waals surface area contributed by atoms with Gasteiger partial charge in [-0.1, -0.05) is 13.3 Å². The monoisotopic (exact) mass is 216 g/mol. The molecule has 1 amide bonds. The normalized spacial score (nSPS) is 14.1. The van der Waals surface area contributed by atoms with Crippen molar-refractivity contribution in [1.29, 1.82) is 0 Å². The molecule has 88 valence electrons. The van der Waals surface area contributed by atoms with Crippen LogP contribution in [0.4, 0.5) is 0 Å². The molecule has 0 rings (SSSR count). The highest BCUT2D eigenvalue weighted by Crippen LogP contribution is 2.05. The third-order valence-corrected chi connectivity index (χ3v) is 2.32. The molecule has 0 fully saturated rings. The van der Waals surface area contributed by atoms with Gasteiger partial charge in [0.1, 0.15) is 6.04 Å². The number of methoxy groups -OCH3 is 1. The van der Waals surface area contributed by atoms with Gasteiger partial charge in [-0.3, -0.25) is 4.79 Å². The van der Waals surface area contributed by atoms with Gasteiger partial charge in [-0.15, -0.1) is 0 Å². The number of esters is 1. The van der Waals surface area contributed by atoms with Gasteiger partial charge in [-0.25, -0.2) is 4.79 Å². The maximum absolute atomic E-state index is 11.4. The van der Waals surface area contributed by atoms with Gasteiger partial charge in [0, 0.05) is 6.42 Å². The van der Waals surface area contributed by atoms with Crippen LogP contribution in [-0.2, 0) is 14.3 Å². The quantitative estimate of drug-likeness (QED) is 0.614. The topological polar surface area (TPSA) is 81.4 Å². The molecule has 0 bridgehead atoms. The third kappa shape index (κ3) is 5.37. The van der Waals surface area contributed by atoms with Crippen LogP contribution in [0.3, 0.4) is 0 Å². The fourth-order valence-corrected chi connectivity index (χ4v) is 1.19. The molecule has 0 saturated carbocycles. The SMILES string of the molecule is CCC(CN)CC(=O)NC(C)C(=O)OC. The largest absolute Gasteiger partial charge is 0.467 e. The van der Waals surface area contributed by atoms with Crippen molar-refractivity contribution in [2.24, 2.45) is 11.7 Å². The number of nitrogens with one attached hydrogen (secondary N) is 1. The highest BCUT2D eigenvalue weighted by molar-refractivity contribution is 5.84. The summed E-state index contributed by atoms with van der Waals surface area (Å²) < 4.78 is 4.49. The zero-order valence-electron chi connectivity index (χ0n) is 9.58. The lowest BCUT2D eigenvalue weighted by atomic mass is 10.0. The van der Waals surface area contributed by atoms with Crippen molar-refractivity contribution in [3.63, 3.8) is 0 Å². The van der Waals surface area contributed by atoms with Crippen molar-refractivity contribution in [2.75, 3.05) is 13.7 Å². The molecule has 15 heavy (non-hydrogen) atoms. The summed E-state index contributed by atoms with van der Waals surface area (Å²) in [4.78, 5) is 22.4. The van der Waals surface area contributed by atoms with Crippen molar-refractivity contribution >= 4 is 11.9 Å². The third-order valence-electron chi connectivity index (χ3n) is 2.32. The molecule has 0 aliphatic rings. The second kappa shape index (κ2) is 7.23. The Bertz CT molecular complexity index is 215. The average molecular weight is 216 g/mol. The van der Waals surface area contributed by atoms with Crippen molar-refractivity contribution in [3.8, 4) is 0 Å². The van der Waals surface area contributed by atoms with Gasteiger partial charge in [-0.05, 0) is 19.4 Å². The Hall–Kier alpha value is -1.10. The van der Waals surface area contributed by atoms with Gasteiger partial charge in [0.2, 0.25) is 5.91 Å². The van der Waals surface area contributed by atoms with E-state index >= 15 is 0 Å². The van der Waals surface area contributed by atoms with Crippen molar-refractivity contribution in [3.05, 3.63) is 0 Å². The highest BCUT2D eigenvalue weighted by atomic mass is 16.5. The van der Waals surface area contributed by atoms with E-state index in [4.69, 9.17) is 5.73 Å². The molecule has 0 heterocycles. The van der Waals surface area contributed by atoms with Crippen LogP contribution in [0, 0.1) is 5.92 Å². The minimum absolute atomic E-state index is 0.162. The van der Waals surface area contributed by atoms with E-state index in [9.17, 15) is 9.59 Å². The fourth-order valence-electron chi connectivity index (χ4n) is 1.19. The predicted octanol–water partition coefficient (Wildman–Crippen LogP) is 0.0391. The number of ether oxygens (including phenoxy) is 1. The first kappa shape index (κ1) is 13.9. The van der Waals surface area contributed by atoms with Gasteiger partial charge in [-0.2, -0.15) is 0 Å². The number of nitrogens with two attached hydrogens (primary N) is 1. The molecule has 0 aromatic heterocycles. The number of hydrogen-bond acceptors (Lipinski definition) is 4. The van der Waals surface area contributed by atoms with Crippen molar-refractivity contribution < 1.29 is 14.3 Å². The second-order valence-corrected chi connectivity index (χ2v) is 3.53. The molecule has 0 spiro atoms. The Kier molecular flexibility index (Phi) is 6.70. The van der Waals surface area contributed by atoms with E-state index in [1.807, 2.05) is 6.92 Å². The van der Waals surface area contributed by atoms with Crippen LogP contribution in [0.15, 0.2) is 0 Å². The number of carbonyl (C=O) groups is 2. The Morgan fingerprint density at radius 3 is 2.47 bits per heavy atom. The minimum Gasteiger partial charge on any atom is -0.467 e. The molecule has 5 heteroatoms. The smallest absolute Gasteiger partial charge is 0.328 e. The number of hydrogen-bond donors (Lipinski definition) is 2. The Morgan fingerprint density at radius 2 is 2.07 bits per heavy atom. The van der Waals surface area contributed by atoms with Crippen LogP contribution in [-0.4, -0.2) is 31.6 Å². The maximum atomic E-state index is 11.4. The molecule has 0 radical (unpaired) electrons. The van der Waals surface area contributed by atoms with Crippen LogP contribution >= 0.6 is 0 Å². The summed E-state index contributed by atoms with van der Waals surface area (Å²) in [5, 5.41) is 2.56. The lowest BCUT2D eigenvalue weighted by Gasteiger charge is -2.15. The summed E-state index contributed by atoms with van der Waals surface area (Å²) in [6.45, 7) is 4.05. The first-order chi connectivity index (χ1) is 7.04. The molecular weight excluding hydrogens is 196 g/mol. The van der Waals surface area contributed by atoms with Crippen LogP contribution in [0.25, 0.3) is 0 Å². The summed E-state index contributed by atoms with van der Waals surface area (Å²) in [7, 11) is 1.29. The van der Waals surface area contributed by atoms with Crippen LogP contribution in [0.5, 0.6) is 0 Å². The number of carbonyl (C=O) groups excluding carboxylic acids is 2. The molecule has 2 unspecified atom stereocenters. The van der Waals surface area contributed by atoms with Crippen LogP contribution in [0.2, 0.25) is 0 Å². The average Bonchev–Trinajstić information content (AvgIpc) is 2.24. The molecule has 0 aromatic rings. The molecule has 2 atom stereocenters. The maximum Gasteiger partial charge on any atom is 0.328 e. The van der Waals surface area contributed by atoms with Gasteiger partial charge in [0.15, 0.2) is 0 Å². The minimum atomic E-state index is -0.599. The molecule has 5 nitrogen and oxygen atoms in total. The van der Waals surface area contributed by atoms with E-state index in [0.717, 1.165) is 6.42 Å². The molecule has 0 saturated heterocycles. The van der Waals surface area contributed by atoms with E-state index in [-0.39, 0.29) is 11.8 Å². The van der Waals surface area contributed by atoms with Gasteiger partial charge in [0.05, 0.1) is 7.11 Å².